The van der Waals surface area contributed by atoms with Gasteiger partial charge in [-0.1, -0.05) is 72.3 Å². The molecule has 3 aromatic carbocycles. The van der Waals surface area contributed by atoms with E-state index in [1.54, 1.807) is 0 Å². The van der Waals surface area contributed by atoms with Crippen LogP contribution in [-0.4, -0.2) is 5.78 Å². The second kappa shape index (κ2) is 5.81. The fourth-order valence-corrected chi connectivity index (χ4v) is 4.44. The van der Waals surface area contributed by atoms with E-state index < -0.39 is 0 Å². The van der Waals surface area contributed by atoms with Crippen molar-refractivity contribution in [2.24, 2.45) is 0 Å². The molecule has 0 amide bonds. The maximum absolute atomic E-state index is 12.6. The summed E-state index contributed by atoms with van der Waals surface area (Å²) in [5, 5.41) is 5.14. The van der Waals surface area contributed by atoms with Gasteiger partial charge in [-0.25, -0.2) is 0 Å². The summed E-state index contributed by atoms with van der Waals surface area (Å²) in [5.74, 6) is 0.321. The Morgan fingerprint density at radius 1 is 0.769 bits per heavy atom. The van der Waals surface area contributed by atoms with Gasteiger partial charge in [0, 0.05) is 12.8 Å². The molecule has 0 N–H and O–H groups in total. The molecule has 0 radical (unpaired) electrons. The van der Waals surface area contributed by atoms with Gasteiger partial charge in [0.2, 0.25) is 0 Å². The van der Waals surface area contributed by atoms with Crippen LogP contribution in [0.3, 0.4) is 0 Å². The molecule has 0 saturated carbocycles. The zero-order valence-corrected chi connectivity index (χ0v) is 14.9. The first-order chi connectivity index (χ1) is 12.7. The van der Waals surface area contributed by atoms with Crippen molar-refractivity contribution in [3.05, 3.63) is 104 Å². The molecule has 26 heavy (non-hydrogen) atoms. The smallest absolute Gasteiger partial charge is 0.141 e. The third-order valence-corrected chi connectivity index (χ3v) is 5.65. The molecule has 0 heterocycles. The van der Waals surface area contributed by atoms with Crippen LogP contribution in [0.2, 0.25) is 0 Å². The highest BCUT2D eigenvalue weighted by Crippen LogP contribution is 2.24. The van der Waals surface area contributed by atoms with Crippen molar-refractivity contribution < 1.29 is 4.79 Å². The molecule has 1 heteroatoms. The van der Waals surface area contributed by atoms with E-state index >= 15 is 0 Å². The monoisotopic (exact) mass is 336 g/mol. The molecular formula is C25H20O. The Kier molecular flexibility index (Phi) is 3.43. The molecule has 0 atom stereocenters. The van der Waals surface area contributed by atoms with E-state index in [1.165, 1.54) is 48.7 Å². The minimum absolute atomic E-state index is 0.321. The number of hydrogen-bond donors (Lipinski definition) is 0. The van der Waals surface area contributed by atoms with E-state index in [2.05, 4.69) is 73.7 Å². The fourth-order valence-electron chi connectivity index (χ4n) is 4.44. The van der Waals surface area contributed by atoms with Gasteiger partial charge < -0.3 is 0 Å². The van der Waals surface area contributed by atoms with Gasteiger partial charge in [0.1, 0.15) is 5.78 Å². The van der Waals surface area contributed by atoms with Gasteiger partial charge in [-0.2, -0.15) is 0 Å². The molecule has 2 aliphatic rings. The number of carbonyl (C=O) groups is 1. The maximum atomic E-state index is 12.6. The van der Waals surface area contributed by atoms with Crippen molar-refractivity contribution in [1.29, 1.82) is 0 Å². The van der Waals surface area contributed by atoms with Crippen molar-refractivity contribution in [2.75, 3.05) is 0 Å². The number of benzene rings is 3. The largest absolute Gasteiger partial charge is 0.299 e. The van der Waals surface area contributed by atoms with Crippen LogP contribution >= 0.6 is 0 Å². The summed E-state index contributed by atoms with van der Waals surface area (Å²) in [7, 11) is 0. The minimum atomic E-state index is 0.321. The topological polar surface area (TPSA) is 17.1 Å². The van der Waals surface area contributed by atoms with Gasteiger partial charge in [0.15, 0.2) is 0 Å². The predicted molar refractivity (Wildman–Crippen MR) is 105 cm³/mol. The summed E-state index contributed by atoms with van der Waals surface area (Å²) in [6.07, 6.45) is 4.30. The van der Waals surface area contributed by atoms with Crippen LogP contribution in [0.15, 0.2) is 60.7 Å². The molecule has 0 aromatic heterocycles. The predicted octanol–water partition coefficient (Wildman–Crippen LogP) is 3.33. The van der Waals surface area contributed by atoms with Crippen LogP contribution in [-0.2, 0) is 17.6 Å². The van der Waals surface area contributed by atoms with E-state index in [9.17, 15) is 4.79 Å². The molecule has 0 saturated heterocycles. The Morgan fingerprint density at radius 2 is 1.62 bits per heavy atom. The molecule has 3 aromatic rings. The molecule has 0 fully saturated rings. The number of aryl methyl sites for hydroxylation is 1. The number of Topliss-reactive ketones (excluding diaryl/α,β-unsaturated/α-hetero) is 1. The summed E-state index contributed by atoms with van der Waals surface area (Å²) in [6.45, 7) is 2.11. The first-order valence-corrected chi connectivity index (χ1v) is 9.23. The second-order valence-corrected chi connectivity index (χ2v) is 7.35. The van der Waals surface area contributed by atoms with Crippen LogP contribution in [0, 0.1) is 17.4 Å². The summed E-state index contributed by atoms with van der Waals surface area (Å²) < 4.78 is 0. The van der Waals surface area contributed by atoms with Crippen molar-refractivity contribution in [1.82, 2.24) is 0 Å². The molecule has 0 bridgehead atoms. The molecular weight excluding hydrogens is 316 g/mol. The van der Waals surface area contributed by atoms with E-state index in [1.807, 2.05) is 0 Å². The number of rotatable bonds is 1. The standard InChI is InChI=1S/C25H20O/c1-16-5-4-7-18(13-16)24-14-19(26)15-25-22-10-9-17-6-2-3-8-20(17)21(22)11-12-23(24)25/h2-9,11-13H,10,14-15H2,1H3. The van der Waals surface area contributed by atoms with Crippen LogP contribution in [0.5, 0.6) is 0 Å². The van der Waals surface area contributed by atoms with Crippen molar-refractivity contribution in [2.45, 2.75) is 26.2 Å². The third kappa shape index (κ3) is 2.35. The number of fused-ring (bicyclic) bond motifs is 4. The third-order valence-electron chi connectivity index (χ3n) is 5.65. The van der Waals surface area contributed by atoms with Crippen molar-refractivity contribution in [3.8, 4) is 0 Å². The summed E-state index contributed by atoms with van der Waals surface area (Å²) in [6, 6.07) is 21.5. The van der Waals surface area contributed by atoms with Gasteiger partial charge in [0.05, 0.1) is 0 Å². The van der Waals surface area contributed by atoms with Crippen LogP contribution in [0.4, 0.5) is 0 Å². The molecule has 2 aliphatic carbocycles. The SMILES string of the molecule is Cc1cccc(C2=c3ccc4c(c3CC(=O)C2)CC=c2ccccc2=4)c1. The molecule has 1 nitrogen and oxygen atoms in total. The Bertz CT molecular complexity index is 1280. The van der Waals surface area contributed by atoms with Crippen LogP contribution in [0.25, 0.3) is 11.6 Å². The number of hydrogen-bond acceptors (Lipinski definition) is 1. The van der Waals surface area contributed by atoms with Crippen LogP contribution < -0.4 is 10.4 Å². The van der Waals surface area contributed by atoms with Crippen molar-refractivity contribution in [3.63, 3.8) is 0 Å². The van der Waals surface area contributed by atoms with Gasteiger partial charge in [0.25, 0.3) is 0 Å². The molecule has 0 unspecified atom stereocenters. The van der Waals surface area contributed by atoms with E-state index in [0.717, 1.165) is 6.42 Å². The zero-order chi connectivity index (χ0) is 17.7. The second-order valence-electron chi connectivity index (χ2n) is 7.35. The quantitative estimate of drug-likeness (QED) is 0.666. The number of ketones is 1. The Balaban J connectivity index is 1.91. The summed E-state index contributed by atoms with van der Waals surface area (Å²) in [4.78, 5) is 12.6. The normalized spacial score (nSPS) is 15.0. The first kappa shape index (κ1) is 15.3. The van der Waals surface area contributed by atoms with Crippen molar-refractivity contribution >= 4 is 17.4 Å². The molecule has 0 spiro atoms. The maximum Gasteiger partial charge on any atom is 0.141 e. The lowest BCUT2D eigenvalue weighted by molar-refractivity contribution is -0.117. The lowest BCUT2D eigenvalue weighted by atomic mass is 9.83. The average molecular weight is 336 g/mol. The highest BCUT2D eigenvalue weighted by Gasteiger charge is 2.21. The number of carbonyl (C=O) groups excluding carboxylic acids is 1. The van der Waals surface area contributed by atoms with Crippen LogP contribution in [0.1, 0.15) is 28.7 Å². The molecule has 0 aliphatic heterocycles. The van der Waals surface area contributed by atoms with Gasteiger partial charge in [-0.3, -0.25) is 4.79 Å². The first-order valence-electron chi connectivity index (χ1n) is 9.23. The lowest BCUT2D eigenvalue weighted by Gasteiger charge is -2.20. The van der Waals surface area contributed by atoms with Gasteiger partial charge >= 0.3 is 0 Å². The van der Waals surface area contributed by atoms with Gasteiger partial charge in [-0.05, 0) is 56.5 Å². The van der Waals surface area contributed by atoms with E-state index in [0.29, 0.717) is 18.6 Å². The fraction of sp³-hybridized carbons (Fsp3) is 0.160. The Morgan fingerprint density at radius 3 is 2.50 bits per heavy atom. The highest BCUT2D eigenvalue weighted by molar-refractivity contribution is 5.94. The molecule has 5 rings (SSSR count). The van der Waals surface area contributed by atoms with E-state index in [-0.39, 0.29) is 0 Å². The molecule has 126 valence electrons. The Hall–Kier alpha value is -2.93. The highest BCUT2D eigenvalue weighted by atomic mass is 16.1. The summed E-state index contributed by atoms with van der Waals surface area (Å²) in [5.41, 5.74) is 6.16. The Labute approximate surface area is 152 Å². The average Bonchev–Trinajstić information content (AvgIpc) is 2.67. The van der Waals surface area contributed by atoms with E-state index in [4.69, 9.17) is 0 Å². The van der Waals surface area contributed by atoms with Gasteiger partial charge in [-0.15, -0.1) is 0 Å². The summed E-state index contributed by atoms with van der Waals surface area (Å²) >= 11 is 0. The zero-order valence-electron chi connectivity index (χ0n) is 14.9. The lowest BCUT2D eigenvalue weighted by Crippen LogP contribution is -2.27. The minimum Gasteiger partial charge on any atom is -0.299 e.